The normalized spacial score (nSPS) is 19.8. The molecule has 1 N–H and O–H groups in total. The first-order valence-electron chi connectivity index (χ1n) is 8.17. The Labute approximate surface area is 177 Å². The van der Waals surface area contributed by atoms with Gasteiger partial charge in [-0.1, -0.05) is 19.2 Å². The summed E-state index contributed by atoms with van der Waals surface area (Å²) in [6, 6.07) is 0. The predicted octanol–water partition coefficient (Wildman–Crippen LogP) is 5.09. The second-order valence-corrected chi connectivity index (χ2v) is 6.52. The Hall–Kier alpha value is -2.49. The van der Waals surface area contributed by atoms with Crippen molar-refractivity contribution in [3.63, 3.8) is 0 Å². The summed E-state index contributed by atoms with van der Waals surface area (Å²) in [5, 5.41) is 9.25. The minimum absolute atomic E-state index is 0.0619. The zero-order chi connectivity index (χ0) is 26.4. The van der Waals surface area contributed by atoms with Gasteiger partial charge >= 0.3 is 30.4 Å². The second kappa shape index (κ2) is 8.38. The van der Waals surface area contributed by atoms with Gasteiger partial charge in [0.25, 0.3) is 11.5 Å². The third-order valence-corrected chi connectivity index (χ3v) is 4.41. The standard InChI is InChI=1S/C17H13F12NO3/c1-4-10(6-5-9(3)12(32,14(18,19)20)15(21,22)23)30-11(31)8(2)7-33-13(30,16(24,25)26)17(27,28)29/h4-6,32H,1-2,7H2,3H3/b9-5+,10-6+. The molecule has 4 nitrogen and oxygen atoms in total. The number of rotatable bonds is 4. The third kappa shape index (κ3) is 4.49. The van der Waals surface area contributed by atoms with Crippen LogP contribution in [0.3, 0.4) is 0 Å². The Balaban J connectivity index is 3.87. The van der Waals surface area contributed by atoms with E-state index in [-0.39, 0.29) is 25.2 Å². The largest absolute Gasteiger partial charge is 0.447 e. The van der Waals surface area contributed by atoms with Crippen molar-refractivity contribution in [1.29, 1.82) is 0 Å². The molecule has 0 aliphatic carbocycles. The minimum Gasteiger partial charge on any atom is -0.370 e. The topological polar surface area (TPSA) is 49.8 Å². The van der Waals surface area contributed by atoms with Crippen molar-refractivity contribution in [3.8, 4) is 0 Å². The number of allylic oxidation sites excluding steroid dienone is 3. The first-order chi connectivity index (χ1) is 14.5. The maximum absolute atomic E-state index is 13.6. The van der Waals surface area contributed by atoms with Crippen LogP contribution in [0.1, 0.15) is 6.92 Å². The van der Waals surface area contributed by atoms with Crippen molar-refractivity contribution in [2.45, 2.75) is 43.0 Å². The molecule has 0 aromatic heterocycles. The van der Waals surface area contributed by atoms with Crippen LogP contribution in [0.15, 0.2) is 48.2 Å². The van der Waals surface area contributed by atoms with E-state index in [2.05, 4.69) is 17.9 Å². The van der Waals surface area contributed by atoms with Gasteiger partial charge in [-0.25, -0.2) is 0 Å². The molecular formula is C17H13F12NO3. The summed E-state index contributed by atoms with van der Waals surface area (Å²) in [5.74, 6) is -2.05. The second-order valence-electron chi connectivity index (χ2n) is 6.52. The number of aliphatic hydroxyl groups is 1. The molecule has 0 aromatic rings. The van der Waals surface area contributed by atoms with Crippen LogP contribution >= 0.6 is 0 Å². The molecule has 0 bridgehead atoms. The number of amides is 1. The lowest BCUT2D eigenvalue weighted by Crippen LogP contribution is -2.72. The first kappa shape index (κ1) is 28.5. The summed E-state index contributed by atoms with van der Waals surface area (Å²) >= 11 is 0. The van der Waals surface area contributed by atoms with Crippen LogP contribution < -0.4 is 0 Å². The van der Waals surface area contributed by atoms with Crippen molar-refractivity contribution in [1.82, 2.24) is 4.90 Å². The fourth-order valence-corrected chi connectivity index (χ4v) is 2.67. The number of hydrogen-bond donors (Lipinski definition) is 1. The molecule has 1 rings (SSSR count). The Morgan fingerprint density at radius 3 is 1.73 bits per heavy atom. The number of carbonyl (C=O) groups is 1. The van der Waals surface area contributed by atoms with E-state index in [9.17, 15) is 62.6 Å². The SMILES string of the molecule is C=C/C(=C\C=C(/C)C(O)(C(F)(F)F)C(F)(F)F)N1C(=O)C(=C)COC1(C(F)(F)F)C(F)(F)F. The summed E-state index contributed by atoms with van der Waals surface area (Å²) in [5.41, 5.74) is -15.4. The summed E-state index contributed by atoms with van der Waals surface area (Å²) < 4.78 is 163. The molecule has 0 atom stereocenters. The third-order valence-electron chi connectivity index (χ3n) is 4.41. The number of halogens is 12. The van der Waals surface area contributed by atoms with Gasteiger partial charge in [-0.05, 0) is 24.6 Å². The van der Waals surface area contributed by atoms with Gasteiger partial charge in [0.15, 0.2) is 0 Å². The molecule has 0 aromatic carbocycles. The molecule has 1 aliphatic heterocycles. The van der Waals surface area contributed by atoms with E-state index in [0.29, 0.717) is 0 Å². The zero-order valence-electron chi connectivity index (χ0n) is 16.1. The van der Waals surface area contributed by atoms with Crippen molar-refractivity contribution in [3.05, 3.63) is 48.2 Å². The summed E-state index contributed by atoms with van der Waals surface area (Å²) in [6.45, 7) is 4.29. The highest BCUT2D eigenvalue weighted by atomic mass is 19.4. The lowest BCUT2D eigenvalue weighted by Gasteiger charge is -2.47. The van der Waals surface area contributed by atoms with Crippen molar-refractivity contribution in [2.24, 2.45) is 0 Å². The van der Waals surface area contributed by atoms with Gasteiger partial charge in [0.05, 0.1) is 6.61 Å². The monoisotopic (exact) mass is 507 g/mol. The molecule has 0 spiro atoms. The van der Waals surface area contributed by atoms with Gasteiger partial charge in [0.1, 0.15) is 0 Å². The van der Waals surface area contributed by atoms with Gasteiger partial charge < -0.3 is 9.84 Å². The molecule has 16 heteroatoms. The molecule has 0 saturated carbocycles. The first-order valence-corrected chi connectivity index (χ1v) is 8.17. The highest BCUT2D eigenvalue weighted by Gasteiger charge is 2.78. The molecule has 0 radical (unpaired) electrons. The van der Waals surface area contributed by atoms with Crippen LogP contribution in [0.2, 0.25) is 0 Å². The maximum atomic E-state index is 13.6. The van der Waals surface area contributed by atoms with E-state index >= 15 is 0 Å². The Morgan fingerprint density at radius 1 is 0.970 bits per heavy atom. The number of alkyl halides is 12. The average molecular weight is 507 g/mol. The van der Waals surface area contributed by atoms with E-state index < -0.39 is 70.3 Å². The molecule has 1 saturated heterocycles. The van der Waals surface area contributed by atoms with E-state index in [1.807, 2.05) is 0 Å². The molecule has 1 amide bonds. The molecular weight excluding hydrogens is 494 g/mol. The Bertz CT molecular complexity index is 846. The van der Waals surface area contributed by atoms with E-state index in [4.69, 9.17) is 0 Å². The highest BCUT2D eigenvalue weighted by Crippen LogP contribution is 2.52. The van der Waals surface area contributed by atoms with Crippen molar-refractivity contribution < 1.29 is 67.3 Å². The smallest absolute Gasteiger partial charge is 0.370 e. The number of carbonyl (C=O) groups excluding carboxylic acids is 1. The molecule has 1 aliphatic rings. The predicted molar refractivity (Wildman–Crippen MR) is 85.9 cm³/mol. The maximum Gasteiger partial charge on any atom is 0.447 e. The van der Waals surface area contributed by atoms with Gasteiger partial charge in [-0.2, -0.15) is 52.7 Å². The van der Waals surface area contributed by atoms with Crippen LogP contribution in [0, 0.1) is 0 Å². The summed E-state index contributed by atoms with van der Waals surface area (Å²) in [7, 11) is 0. The van der Waals surface area contributed by atoms with E-state index in [1.54, 1.807) is 0 Å². The van der Waals surface area contributed by atoms with Crippen LogP contribution in [-0.4, -0.2) is 58.6 Å². The van der Waals surface area contributed by atoms with Crippen LogP contribution in [0.4, 0.5) is 52.7 Å². The van der Waals surface area contributed by atoms with E-state index in [1.165, 1.54) is 0 Å². The van der Waals surface area contributed by atoms with Gasteiger partial charge in [0.2, 0.25) is 0 Å². The van der Waals surface area contributed by atoms with Crippen molar-refractivity contribution in [2.75, 3.05) is 6.61 Å². The molecule has 1 heterocycles. The van der Waals surface area contributed by atoms with E-state index in [0.717, 1.165) is 0 Å². The number of nitrogens with zero attached hydrogens (tertiary/aromatic N) is 1. The summed E-state index contributed by atoms with van der Waals surface area (Å²) in [4.78, 5) is 11.1. The average Bonchev–Trinajstić information content (AvgIpc) is 2.60. The summed E-state index contributed by atoms with van der Waals surface area (Å²) in [6.07, 6.45) is -25.8. The molecule has 0 unspecified atom stereocenters. The minimum atomic E-state index is -6.39. The quantitative estimate of drug-likeness (QED) is 0.328. The number of ether oxygens (including phenoxy) is 1. The molecule has 33 heavy (non-hydrogen) atoms. The van der Waals surface area contributed by atoms with Crippen LogP contribution in [0.25, 0.3) is 0 Å². The van der Waals surface area contributed by atoms with Crippen molar-refractivity contribution >= 4 is 5.91 Å². The molecule has 1 fully saturated rings. The lowest BCUT2D eigenvalue weighted by atomic mass is 9.92. The van der Waals surface area contributed by atoms with Gasteiger partial charge in [-0.3, -0.25) is 9.69 Å². The van der Waals surface area contributed by atoms with Gasteiger partial charge in [0, 0.05) is 11.3 Å². The Kier molecular flexibility index (Phi) is 7.25. The Morgan fingerprint density at radius 2 is 1.39 bits per heavy atom. The van der Waals surface area contributed by atoms with Crippen LogP contribution in [0.5, 0.6) is 0 Å². The van der Waals surface area contributed by atoms with Gasteiger partial charge in [-0.15, -0.1) is 0 Å². The fourth-order valence-electron chi connectivity index (χ4n) is 2.67. The fraction of sp³-hybridized carbons (Fsp3) is 0.471. The zero-order valence-corrected chi connectivity index (χ0v) is 16.1. The molecule has 188 valence electrons. The highest BCUT2D eigenvalue weighted by molar-refractivity contribution is 5.96. The van der Waals surface area contributed by atoms with Crippen LogP contribution in [-0.2, 0) is 9.53 Å². The number of hydrogen-bond acceptors (Lipinski definition) is 3. The lowest BCUT2D eigenvalue weighted by molar-refractivity contribution is -0.418.